The molecule has 1 atom stereocenters. The fourth-order valence-corrected chi connectivity index (χ4v) is 4.08. The fraction of sp³-hybridized carbons (Fsp3) is 0.188. The van der Waals surface area contributed by atoms with Crippen molar-refractivity contribution < 1.29 is 18.3 Å². The van der Waals surface area contributed by atoms with Gasteiger partial charge in [-0.1, -0.05) is 24.3 Å². The molecule has 0 saturated carbocycles. The molecule has 0 spiro atoms. The molecule has 8 heteroatoms. The van der Waals surface area contributed by atoms with Crippen molar-refractivity contribution in [3.8, 4) is 5.75 Å². The molecule has 0 radical (unpaired) electrons. The zero-order chi connectivity index (χ0) is 17.3. The third-order valence-electron chi connectivity index (χ3n) is 3.88. The molecule has 1 fully saturated rings. The van der Waals surface area contributed by atoms with Crippen LogP contribution in [0.3, 0.4) is 0 Å². The summed E-state index contributed by atoms with van der Waals surface area (Å²) in [6.45, 7) is -0.0512. The number of para-hydroxylation sites is 1. The van der Waals surface area contributed by atoms with Gasteiger partial charge in [-0.3, -0.25) is 4.31 Å². The van der Waals surface area contributed by atoms with Crippen molar-refractivity contribution in [3.63, 3.8) is 0 Å². The largest absolute Gasteiger partial charge is 0.506 e. The predicted molar refractivity (Wildman–Crippen MR) is 91.0 cm³/mol. The van der Waals surface area contributed by atoms with Crippen molar-refractivity contribution in [3.05, 3.63) is 53.6 Å². The SMILES string of the molecule is Nc1ccccc1Cc1ccc(N2CC(C=O)NS2(=O)=O)c(O)c1. The number of nitrogen functional groups attached to an aromatic ring is 1. The molecular weight excluding hydrogens is 330 g/mol. The maximum Gasteiger partial charge on any atom is 0.302 e. The van der Waals surface area contributed by atoms with Gasteiger partial charge < -0.3 is 15.6 Å². The van der Waals surface area contributed by atoms with Crippen LogP contribution in [0.4, 0.5) is 11.4 Å². The Labute approximate surface area is 139 Å². The summed E-state index contributed by atoms with van der Waals surface area (Å²) in [4.78, 5) is 10.8. The molecule has 4 N–H and O–H groups in total. The monoisotopic (exact) mass is 347 g/mol. The van der Waals surface area contributed by atoms with Gasteiger partial charge in [0.2, 0.25) is 0 Å². The van der Waals surface area contributed by atoms with Crippen LogP contribution < -0.4 is 14.8 Å². The van der Waals surface area contributed by atoms with Gasteiger partial charge in [0.25, 0.3) is 0 Å². The lowest BCUT2D eigenvalue weighted by Gasteiger charge is -2.18. The highest BCUT2D eigenvalue weighted by molar-refractivity contribution is 7.91. The normalized spacial score (nSPS) is 19.3. The Hall–Kier alpha value is -2.58. The maximum atomic E-state index is 12.0. The molecule has 0 aliphatic carbocycles. The van der Waals surface area contributed by atoms with Gasteiger partial charge >= 0.3 is 10.2 Å². The number of carbonyl (C=O) groups excluding carboxylic acids is 1. The Morgan fingerprint density at radius 3 is 2.67 bits per heavy atom. The van der Waals surface area contributed by atoms with E-state index in [2.05, 4.69) is 4.72 Å². The van der Waals surface area contributed by atoms with Gasteiger partial charge in [0.1, 0.15) is 12.0 Å². The number of anilines is 2. The van der Waals surface area contributed by atoms with Gasteiger partial charge in [-0.05, 0) is 35.7 Å². The third-order valence-corrected chi connectivity index (χ3v) is 5.40. The molecule has 2 aromatic rings. The van der Waals surface area contributed by atoms with Crippen LogP contribution in [0.2, 0.25) is 0 Å². The number of phenols is 1. The first-order valence-electron chi connectivity index (χ1n) is 7.31. The van der Waals surface area contributed by atoms with Crippen molar-refractivity contribution in [1.29, 1.82) is 0 Å². The average Bonchev–Trinajstić information content (AvgIpc) is 2.85. The number of hydrogen-bond donors (Lipinski definition) is 3. The number of nitrogens with two attached hydrogens (primary N) is 1. The number of nitrogens with one attached hydrogen (secondary N) is 1. The number of carbonyl (C=O) groups is 1. The summed E-state index contributed by atoms with van der Waals surface area (Å²) in [6, 6.07) is 11.3. The zero-order valence-corrected chi connectivity index (χ0v) is 13.5. The topological polar surface area (TPSA) is 113 Å². The molecule has 0 bridgehead atoms. The molecule has 7 nitrogen and oxygen atoms in total. The summed E-state index contributed by atoms with van der Waals surface area (Å²) in [5.74, 6) is -0.168. The van der Waals surface area contributed by atoms with E-state index in [1.54, 1.807) is 12.1 Å². The lowest BCUT2D eigenvalue weighted by Crippen LogP contribution is -2.30. The molecule has 0 aromatic heterocycles. The van der Waals surface area contributed by atoms with E-state index in [9.17, 15) is 18.3 Å². The predicted octanol–water partition coefficient (Wildman–Crippen LogP) is 0.787. The first-order chi connectivity index (χ1) is 11.4. The number of phenolic OH excluding ortho intramolecular Hbond substituents is 1. The van der Waals surface area contributed by atoms with E-state index in [1.165, 1.54) is 12.1 Å². The van der Waals surface area contributed by atoms with Gasteiger partial charge in [-0.25, -0.2) is 0 Å². The summed E-state index contributed by atoms with van der Waals surface area (Å²) in [6.07, 6.45) is 1.05. The molecular formula is C16H17N3O4S. The molecule has 1 heterocycles. The maximum absolute atomic E-state index is 12.0. The van der Waals surface area contributed by atoms with E-state index < -0.39 is 16.3 Å². The number of nitrogens with zero attached hydrogens (tertiary/aromatic N) is 1. The first kappa shape index (κ1) is 16.3. The second-order valence-electron chi connectivity index (χ2n) is 5.60. The Morgan fingerprint density at radius 1 is 1.29 bits per heavy atom. The van der Waals surface area contributed by atoms with Crippen molar-refractivity contribution in [2.24, 2.45) is 0 Å². The minimum atomic E-state index is -3.83. The summed E-state index contributed by atoms with van der Waals surface area (Å²) >= 11 is 0. The van der Waals surface area contributed by atoms with Gasteiger partial charge in [-0.15, -0.1) is 0 Å². The molecule has 1 saturated heterocycles. The van der Waals surface area contributed by atoms with Crippen LogP contribution in [0.15, 0.2) is 42.5 Å². The van der Waals surface area contributed by atoms with Crippen LogP contribution in [0.1, 0.15) is 11.1 Å². The Kier molecular flexibility index (Phi) is 4.16. The van der Waals surface area contributed by atoms with Gasteiger partial charge in [0, 0.05) is 5.69 Å². The Balaban J connectivity index is 1.88. The lowest BCUT2D eigenvalue weighted by atomic mass is 10.0. The van der Waals surface area contributed by atoms with E-state index in [1.807, 2.05) is 18.2 Å². The summed E-state index contributed by atoms with van der Waals surface area (Å²) in [5, 5.41) is 10.2. The number of aldehydes is 1. The number of hydrogen-bond acceptors (Lipinski definition) is 5. The number of aromatic hydroxyl groups is 1. The van der Waals surface area contributed by atoms with Crippen molar-refractivity contribution in [1.82, 2.24) is 4.72 Å². The molecule has 24 heavy (non-hydrogen) atoms. The molecule has 126 valence electrons. The van der Waals surface area contributed by atoms with Crippen LogP contribution in [-0.2, 0) is 21.4 Å². The van der Waals surface area contributed by atoms with Crippen molar-refractivity contribution in [2.75, 3.05) is 16.6 Å². The second kappa shape index (κ2) is 6.14. The fourth-order valence-electron chi connectivity index (χ4n) is 2.67. The third kappa shape index (κ3) is 3.06. The highest BCUT2D eigenvalue weighted by Crippen LogP contribution is 2.32. The van der Waals surface area contributed by atoms with Gasteiger partial charge in [-0.2, -0.15) is 13.1 Å². The van der Waals surface area contributed by atoms with Gasteiger partial charge in [0.15, 0.2) is 0 Å². The molecule has 0 amide bonds. The summed E-state index contributed by atoms with van der Waals surface area (Å²) in [5.41, 5.74) is 8.41. The zero-order valence-electron chi connectivity index (χ0n) is 12.7. The Morgan fingerprint density at radius 2 is 2.04 bits per heavy atom. The molecule has 1 unspecified atom stereocenters. The molecule has 2 aromatic carbocycles. The van der Waals surface area contributed by atoms with Crippen molar-refractivity contribution in [2.45, 2.75) is 12.5 Å². The van der Waals surface area contributed by atoms with Crippen LogP contribution in [0.5, 0.6) is 5.75 Å². The van der Waals surface area contributed by atoms with E-state index in [0.717, 1.165) is 15.4 Å². The second-order valence-corrected chi connectivity index (χ2v) is 7.22. The quantitative estimate of drug-likeness (QED) is 0.559. The highest BCUT2D eigenvalue weighted by atomic mass is 32.2. The lowest BCUT2D eigenvalue weighted by molar-refractivity contribution is -0.108. The van der Waals surface area contributed by atoms with E-state index in [0.29, 0.717) is 18.4 Å². The molecule has 3 rings (SSSR count). The summed E-state index contributed by atoms with van der Waals surface area (Å²) < 4.78 is 27.3. The van der Waals surface area contributed by atoms with Crippen LogP contribution >= 0.6 is 0 Å². The minimum absolute atomic E-state index is 0.0512. The van der Waals surface area contributed by atoms with Crippen LogP contribution in [0.25, 0.3) is 0 Å². The molecule has 1 aliphatic rings. The smallest absolute Gasteiger partial charge is 0.302 e. The average molecular weight is 347 g/mol. The van der Waals surface area contributed by atoms with Gasteiger partial charge in [0.05, 0.1) is 18.3 Å². The van der Waals surface area contributed by atoms with E-state index >= 15 is 0 Å². The standard InChI is InChI=1S/C16H17N3O4S/c17-14-4-2-1-3-12(14)7-11-5-6-15(16(21)8-11)19-9-13(10-20)18-24(19,22)23/h1-6,8,10,13,18,21H,7,9,17H2. The first-order valence-corrected chi connectivity index (χ1v) is 8.75. The Bertz CT molecular complexity index is 883. The minimum Gasteiger partial charge on any atom is -0.506 e. The number of benzene rings is 2. The molecule has 1 aliphatic heterocycles. The van der Waals surface area contributed by atoms with E-state index in [-0.39, 0.29) is 18.0 Å². The van der Waals surface area contributed by atoms with E-state index in [4.69, 9.17) is 5.73 Å². The van der Waals surface area contributed by atoms with Crippen LogP contribution in [0, 0.1) is 0 Å². The van der Waals surface area contributed by atoms with Crippen LogP contribution in [-0.4, -0.2) is 32.4 Å². The summed E-state index contributed by atoms with van der Waals surface area (Å²) in [7, 11) is -3.83. The number of rotatable bonds is 4. The van der Waals surface area contributed by atoms with Crippen molar-refractivity contribution >= 4 is 27.9 Å². The highest BCUT2D eigenvalue weighted by Gasteiger charge is 2.36.